The lowest BCUT2D eigenvalue weighted by molar-refractivity contribution is -0.140. The van der Waals surface area contributed by atoms with E-state index < -0.39 is 23.5 Å². The molecule has 0 atom stereocenters. The molecular formula is C12H11F4NO2. The van der Waals surface area contributed by atoms with Crippen LogP contribution in [0.1, 0.15) is 12.5 Å². The van der Waals surface area contributed by atoms with Crippen molar-refractivity contribution in [3.63, 3.8) is 0 Å². The topological polar surface area (TPSA) is 49.3 Å². The summed E-state index contributed by atoms with van der Waals surface area (Å²) in [6.07, 6.45) is -3.84. The van der Waals surface area contributed by atoms with E-state index in [2.05, 4.69) is 5.32 Å². The number of carbonyl (C=O) groups is 1. The molecule has 19 heavy (non-hydrogen) atoms. The molecule has 2 N–H and O–H groups in total. The molecule has 3 nitrogen and oxygen atoms in total. The van der Waals surface area contributed by atoms with Crippen molar-refractivity contribution in [2.24, 2.45) is 0 Å². The molecule has 1 rings (SSSR count). The summed E-state index contributed by atoms with van der Waals surface area (Å²) in [5.41, 5.74) is -0.880. The molecule has 0 radical (unpaired) electrons. The summed E-state index contributed by atoms with van der Waals surface area (Å²) in [4.78, 5) is 10.3. The molecule has 0 unspecified atom stereocenters. The minimum Gasteiger partial charge on any atom is -0.478 e. The standard InChI is InChI=1S/C12H11F4NO2/c1-7(4-11(18)19)6-17-8-2-3-10(13)9(5-8)12(14,15)16/h2-5,17H,6H2,1H3,(H,18,19)/b7-4-. The van der Waals surface area contributed by atoms with Crippen molar-refractivity contribution in [1.29, 1.82) is 0 Å². The zero-order valence-corrected chi connectivity index (χ0v) is 9.88. The second kappa shape index (κ2) is 5.73. The van der Waals surface area contributed by atoms with Gasteiger partial charge in [0.1, 0.15) is 5.82 Å². The number of alkyl halides is 3. The van der Waals surface area contributed by atoms with E-state index in [0.717, 1.165) is 12.1 Å². The number of carboxylic acid groups (broad SMARTS) is 1. The number of aliphatic carboxylic acids is 1. The molecule has 1 aromatic rings. The van der Waals surface area contributed by atoms with Gasteiger partial charge in [0.05, 0.1) is 5.56 Å². The van der Waals surface area contributed by atoms with Gasteiger partial charge in [-0.1, -0.05) is 0 Å². The van der Waals surface area contributed by atoms with Crippen molar-refractivity contribution in [3.05, 3.63) is 41.2 Å². The third-order valence-electron chi connectivity index (χ3n) is 2.21. The summed E-state index contributed by atoms with van der Waals surface area (Å²) >= 11 is 0. The molecule has 0 aromatic heterocycles. The molecule has 104 valence electrons. The molecule has 0 aliphatic heterocycles. The number of halogens is 4. The maximum absolute atomic E-state index is 13.0. The second-order valence-corrected chi connectivity index (χ2v) is 3.87. The highest BCUT2D eigenvalue weighted by molar-refractivity contribution is 5.80. The van der Waals surface area contributed by atoms with E-state index in [0.29, 0.717) is 17.7 Å². The van der Waals surface area contributed by atoms with Crippen LogP contribution in [0.4, 0.5) is 23.2 Å². The summed E-state index contributed by atoms with van der Waals surface area (Å²) < 4.78 is 50.3. The van der Waals surface area contributed by atoms with E-state index in [1.165, 1.54) is 6.92 Å². The minimum absolute atomic E-state index is 0.0508. The lowest BCUT2D eigenvalue weighted by atomic mass is 10.1. The van der Waals surface area contributed by atoms with Crippen LogP contribution in [0.2, 0.25) is 0 Å². The van der Waals surface area contributed by atoms with Gasteiger partial charge in [-0.3, -0.25) is 0 Å². The first-order valence-corrected chi connectivity index (χ1v) is 5.21. The van der Waals surface area contributed by atoms with Crippen LogP contribution in [0.15, 0.2) is 29.8 Å². The number of nitrogens with one attached hydrogen (secondary N) is 1. The summed E-state index contributed by atoms with van der Waals surface area (Å²) in [5.74, 6) is -2.50. The number of anilines is 1. The molecule has 0 bridgehead atoms. The van der Waals surface area contributed by atoms with Crippen LogP contribution >= 0.6 is 0 Å². The Balaban J connectivity index is 2.84. The molecule has 0 saturated carbocycles. The Hall–Kier alpha value is -2.05. The first kappa shape index (κ1) is 15.0. The molecule has 1 aromatic carbocycles. The molecule has 0 fully saturated rings. The predicted molar refractivity (Wildman–Crippen MR) is 61.3 cm³/mol. The highest BCUT2D eigenvalue weighted by Gasteiger charge is 2.34. The minimum atomic E-state index is -4.77. The fourth-order valence-corrected chi connectivity index (χ4v) is 1.36. The van der Waals surface area contributed by atoms with E-state index in [1.807, 2.05) is 0 Å². The van der Waals surface area contributed by atoms with E-state index in [-0.39, 0.29) is 12.2 Å². The molecule has 0 aliphatic carbocycles. The van der Waals surface area contributed by atoms with E-state index in [9.17, 15) is 22.4 Å². The van der Waals surface area contributed by atoms with Gasteiger partial charge < -0.3 is 10.4 Å². The van der Waals surface area contributed by atoms with Gasteiger partial charge in [-0.25, -0.2) is 9.18 Å². The third kappa shape index (κ3) is 4.61. The van der Waals surface area contributed by atoms with Crippen LogP contribution in [0, 0.1) is 5.82 Å². The van der Waals surface area contributed by atoms with Crippen LogP contribution in [-0.2, 0) is 11.0 Å². The quantitative estimate of drug-likeness (QED) is 0.656. The highest BCUT2D eigenvalue weighted by atomic mass is 19.4. The SMILES string of the molecule is C/C(=C/C(=O)O)CNc1ccc(F)c(C(F)(F)F)c1. The van der Waals surface area contributed by atoms with Gasteiger partial charge in [-0.15, -0.1) is 0 Å². The third-order valence-corrected chi connectivity index (χ3v) is 2.21. The van der Waals surface area contributed by atoms with Gasteiger partial charge >= 0.3 is 12.1 Å². The molecule has 0 heterocycles. The van der Waals surface area contributed by atoms with Crippen molar-refractivity contribution in [2.75, 3.05) is 11.9 Å². The van der Waals surface area contributed by atoms with Crippen LogP contribution < -0.4 is 5.32 Å². The summed E-state index contributed by atoms with van der Waals surface area (Å²) in [6.45, 7) is 1.56. The average Bonchev–Trinajstić information content (AvgIpc) is 2.25. The smallest absolute Gasteiger partial charge is 0.419 e. The Labute approximate surface area is 106 Å². The van der Waals surface area contributed by atoms with Crippen molar-refractivity contribution in [1.82, 2.24) is 0 Å². The van der Waals surface area contributed by atoms with E-state index in [1.54, 1.807) is 0 Å². The van der Waals surface area contributed by atoms with Crippen LogP contribution in [0.3, 0.4) is 0 Å². The van der Waals surface area contributed by atoms with Crippen LogP contribution in [0.25, 0.3) is 0 Å². The average molecular weight is 277 g/mol. The number of benzene rings is 1. The van der Waals surface area contributed by atoms with E-state index >= 15 is 0 Å². The molecule has 7 heteroatoms. The Morgan fingerprint density at radius 1 is 1.42 bits per heavy atom. The van der Waals surface area contributed by atoms with Crippen molar-refractivity contribution in [3.8, 4) is 0 Å². The number of carboxylic acids is 1. The molecular weight excluding hydrogens is 266 g/mol. The first-order valence-electron chi connectivity index (χ1n) is 5.21. The largest absolute Gasteiger partial charge is 0.478 e. The Morgan fingerprint density at radius 2 is 2.05 bits per heavy atom. The first-order chi connectivity index (χ1) is 8.70. The Morgan fingerprint density at radius 3 is 2.58 bits per heavy atom. The van der Waals surface area contributed by atoms with Gasteiger partial charge in [0.2, 0.25) is 0 Å². The van der Waals surface area contributed by atoms with Gasteiger partial charge in [0, 0.05) is 18.3 Å². The molecule has 0 spiro atoms. The molecule has 0 aliphatic rings. The van der Waals surface area contributed by atoms with Crippen molar-refractivity contribution >= 4 is 11.7 Å². The van der Waals surface area contributed by atoms with E-state index in [4.69, 9.17) is 5.11 Å². The normalized spacial score (nSPS) is 12.4. The van der Waals surface area contributed by atoms with Crippen LogP contribution in [0.5, 0.6) is 0 Å². The summed E-state index contributed by atoms with van der Waals surface area (Å²) in [5, 5.41) is 11.1. The fraction of sp³-hybridized carbons (Fsp3) is 0.250. The summed E-state index contributed by atoms with van der Waals surface area (Å²) in [7, 11) is 0. The second-order valence-electron chi connectivity index (χ2n) is 3.87. The molecule has 0 amide bonds. The fourth-order valence-electron chi connectivity index (χ4n) is 1.36. The number of hydrogen-bond acceptors (Lipinski definition) is 2. The zero-order chi connectivity index (χ0) is 14.6. The van der Waals surface area contributed by atoms with Gasteiger partial charge in [-0.2, -0.15) is 13.2 Å². The predicted octanol–water partition coefficient (Wildman–Crippen LogP) is 3.29. The lowest BCUT2D eigenvalue weighted by Crippen LogP contribution is -2.10. The van der Waals surface area contributed by atoms with Gasteiger partial charge in [0.15, 0.2) is 0 Å². The number of hydrogen-bond donors (Lipinski definition) is 2. The van der Waals surface area contributed by atoms with Crippen LogP contribution in [-0.4, -0.2) is 17.6 Å². The summed E-state index contributed by atoms with van der Waals surface area (Å²) in [6, 6.07) is 2.50. The maximum atomic E-state index is 13.0. The zero-order valence-electron chi connectivity index (χ0n) is 9.88. The maximum Gasteiger partial charge on any atom is 0.419 e. The Kier molecular flexibility index (Phi) is 4.52. The molecule has 0 saturated heterocycles. The number of rotatable bonds is 4. The van der Waals surface area contributed by atoms with Gasteiger partial charge in [-0.05, 0) is 30.7 Å². The Bertz CT molecular complexity index is 509. The van der Waals surface area contributed by atoms with Gasteiger partial charge in [0.25, 0.3) is 0 Å². The van der Waals surface area contributed by atoms with Crippen molar-refractivity contribution in [2.45, 2.75) is 13.1 Å². The monoisotopic (exact) mass is 277 g/mol. The van der Waals surface area contributed by atoms with Crippen molar-refractivity contribution < 1.29 is 27.5 Å². The highest BCUT2D eigenvalue weighted by Crippen LogP contribution is 2.32. The lowest BCUT2D eigenvalue weighted by Gasteiger charge is -2.11.